The molecule has 0 bridgehead atoms. The van der Waals surface area contributed by atoms with Gasteiger partial charge in [-0.25, -0.2) is 18.6 Å². The van der Waals surface area contributed by atoms with Crippen molar-refractivity contribution in [2.75, 3.05) is 7.11 Å². The Hall–Kier alpha value is -2.13. The number of methoxy groups -OCH3 is 1. The molecule has 0 spiro atoms. The van der Waals surface area contributed by atoms with Gasteiger partial charge in [0.05, 0.1) is 14.2 Å². The molecule has 0 atom stereocenters. The minimum atomic E-state index is -4.94. The summed E-state index contributed by atoms with van der Waals surface area (Å²) in [6.45, 7) is 0. The van der Waals surface area contributed by atoms with E-state index in [-0.39, 0.29) is 0 Å². The van der Waals surface area contributed by atoms with Crippen molar-refractivity contribution in [3.63, 3.8) is 0 Å². The molecule has 3 rings (SSSR count). The van der Waals surface area contributed by atoms with Crippen molar-refractivity contribution in [3.05, 3.63) is 59.6 Å². The summed E-state index contributed by atoms with van der Waals surface area (Å²) in [6, 6.07) is 18.2. The molecule has 27 heavy (non-hydrogen) atoms. The molecular formula is C18H18Cl2N2O5. The number of ether oxygens (including phenoxy) is 1. The monoisotopic (exact) mass is 412 g/mol. The van der Waals surface area contributed by atoms with E-state index in [0.29, 0.717) is 0 Å². The van der Waals surface area contributed by atoms with Gasteiger partial charge in [-0.1, -0.05) is 23.7 Å². The number of aromatic nitrogens is 2. The predicted molar refractivity (Wildman–Crippen MR) is 89.0 cm³/mol. The molecule has 0 N–H and O–H groups in total. The Kier molecular flexibility index (Phi) is 6.83. The van der Waals surface area contributed by atoms with E-state index in [2.05, 4.69) is 41.7 Å². The average Bonchev–Trinajstić information content (AvgIpc) is 2.90. The lowest BCUT2D eigenvalue weighted by Crippen LogP contribution is -2.68. The quantitative estimate of drug-likeness (QED) is 0.517. The molecule has 0 radical (unpaired) electrons. The summed E-state index contributed by atoms with van der Waals surface area (Å²) in [5.41, 5.74) is 4.58. The average molecular weight is 413 g/mol. The predicted octanol–water partition coefficient (Wildman–Crippen LogP) is -0.910. The van der Waals surface area contributed by atoms with Gasteiger partial charge in [0.25, 0.3) is 0 Å². The SMILES string of the molecule is COc1ccc(-c2cc(-c3ccc(Cl)cc3)n(C)[n+]2C)cc1.[O-][Cl+3]([O-])([O-])[O-]. The maximum atomic E-state index is 8.49. The third-order valence-corrected chi connectivity index (χ3v) is 4.20. The third-order valence-electron chi connectivity index (χ3n) is 3.95. The molecule has 0 fully saturated rings. The van der Waals surface area contributed by atoms with E-state index in [1.54, 1.807) is 7.11 Å². The van der Waals surface area contributed by atoms with Gasteiger partial charge in [0.15, 0.2) is 7.05 Å². The molecule has 144 valence electrons. The summed E-state index contributed by atoms with van der Waals surface area (Å²) < 4.78 is 43.5. The van der Waals surface area contributed by atoms with Crippen molar-refractivity contribution in [3.8, 4) is 28.3 Å². The first-order valence-corrected chi connectivity index (χ1v) is 9.29. The van der Waals surface area contributed by atoms with Crippen LogP contribution in [0.25, 0.3) is 22.5 Å². The topological polar surface area (TPSA) is 110 Å². The Bertz CT molecular complexity index is 882. The Balaban J connectivity index is 0.000000465. The van der Waals surface area contributed by atoms with Crippen LogP contribution in [0, 0.1) is 10.2 Å². The molecule has 9 heteroatoms. The molecule has 1 aromatic heterocycles. The lowest BCUT2D eigenvalue weighted by molar-refractivity contribution is -2.00. The lowest BCUT2D eigenvalue weighted by atomic mass is 10.1. The summed E-state index contributed by atoms with van der Waals surface area (Å²) in [5.74, 6) is 0.861. The van der Waals surface area contributed by atoms with Crippen LogP contribution >= 0.6 is 11.6 Å². The molecule has 0 saturated heterocycles. The first kappa shape index (κ1) is 21.2. The van der Waals surface area contributed by atoms with E-state index in [1.165, 1.54) is 0 Å². The van der Waals surface area contributed by atoms with Crippen molar-refractivity contribution in [1.82, 2.24) is 4.68 Å². The van der Waals surface area contributed by atoms with Crippen molar-refractivity contribution in [2.45, 2.75) is 0 Å². The molecule has 7 nitrogen and oxygen atoms in total. The molecule has 0 unspecified atom stereocenters. The second kappa shape index (κ2) is 8.71. The van der Waals surface area contributed by atoms with Gasteiger partial charge in [-0.15, -0.1) is 14.9 Å². The van der Waals surface area contributed by atoms with Crippen molar-refractivity contribution < 1.29 is 38.3 Å². The summed E-state index contributed by atoms with van der Waals surface area (Å²) in [4.78, 5) is 0. The maximum absolute atomic E-state index is 8.49. The molecule has 0 saturated carbocycles. The van der Waals surface area contributed by atoms with E-state index in [1.807, 2.05) is 36.4 Å². The van der Waals surface area contributed by atoms with Gasteiger partial charge in [-0.05, 0) is 36.4 Å². The largest absolute Gasteiger partial charge is 0.497 e. The normalized spacial score (nSPS) is 11.0. The van der Waals surface area contributed by atoms with E-state index in [0.717, 1.165) is 33.3 Å². The molecule has 0 aliphatic carbocycles. The number of hydrogen-bond acceptors (Lipinski definition) is 5. The van der Waals surface area contributed by atoms with E-state index in [9.17, 15) is 0 Å². The third kappa shape index (κ3) is 5.93. The summed E-state index contributed by atoms with van der Waals surface area (Å²) in [5, 5.41) is 0.748. The highest BCUT2D eigenvalue weighted by Gasteiger charge is 2.19. The second-order valence-corrected chi connectivity index (χ2v) is 6.77. The molecule has 0 amide bonds. The zero-order valence-corrected chi connectivity index (χ0v) is 16.4. The van der Waals surface area contributed by atoms with E-state index in [4.69, 9.17) is 35.0 Å². The van der Waals surface area contributed by atoms with Crippen LogP contribution in [0.5, 0.6) is 5.75 Å². The number of nitrogens with zero attached hydrogens (tertiary/aromatic N) is 2. The van der Waals surface area contributed by atoms with Gasteiger partial charge in [-0.3, -0.25) is 0 Å². The van der Waals surface area contributed by atoms with Crippen LogP contribution in [-0.4, -0.2) is 11.8 Å². The van der Waals surface area contributed by atoms with Crippen LogP contribution < -0.4 is 28.1 Å². The standard InChI is InChI=1S/C18H18ClN2O.ClHO4/c1-20-17(13-4-8-15(19)9-5-13)12-18(21(20)2)14-6-10-16(22-3)11-7-14;2-1(3,4)5/h4-12H,1-3H3;(H,2,3,4,5)/q+1;/p-1. The highest BCUT2D eigenvalue weighted by atomic mass is 35.7. The minimum Gasteiger partial charge on any atom is -0.497 e. The Morgan fingerprint density at radius 1 is 0.926 bits per heavy atom. The van der Waals surface area contributed by atoms with Gasteiger partial charge in [0.2, 0.25) is 5.69 Å². The van der Waals surface area contributed by atoms with Crippen LogP contribution in [0.2, 0.25) is 5.02 Å². The van der Waals surface area contributed by atoms with E-state index < -0.39 is 10.2 Å². The van der Waals surface area contributed by atoms with Gasteiger partial charge >= 0.3 is 0 Å². The maximum Gasteiger partial charge on any atom is 0.238 e. The Morgan fingerprint density at radius 3 is 1.89 bits per heavy atom. The number of hydrogen-bond donors (Lipinski definition) is 0. The number of rotatable bonds is 3. The molecule has 2 aromatic carbocycles. The van der Waals surface area contributed by atoms with Crippen LogP contribution in [0.15, 0.2) is 54.6 Å². The van der Waals surface area contributed by atoms with Gasteiger partial charge in [0, 0.05) is 22.2 Å². The lowest BCUT2D eigenvalue weighted by Gasteiger charge is -2.17. The van der Waals surface area contributed by atoms with Crippen LogP contribution in [0.3, 0.4) is 0 Å². The van der Waals surface area contributed by atoms with Crippen molar-refractivity contribution in [1.29, 1.82) is 0 Å². The molecule has 0 aliphatic heterocycles. The minimum absolute atomic E-state index is 0.748. The second-order valence-electron chi connectivity index (χ2n) is 5.58. The molecule has 0 aliphatic rings. The molecule has 1 heterocycles. The van der Waals surface area contributed by atoms with Crippen LogP contribution in [0.1, 0.15) is 0 Å². The van der Waals surface area contributed by atoms with Crippen LogP contribution in [-0.2, 0) is 14.1 Å². The fraction of sp³-hybridized carbons (Fsp3) is 0.167. The molecular weight excluding hydrogens is 395 g/mol. The first-order valence-electron chi connectivity index (χ1n) is 7.68. The highest BCUT2D eigenvalue weighted by Crippen LogP contribution is 2.26. The molecule has 3 aromatic rings. The zero-order chi connectivity index (χ0) is 20.2. The smallest absolute Gasteiger partial charge is 0.238 e. The van der Waals surface area contributed by atoms with Crippen molar-refractivity contribution >= 4 is 11.6 Å². The highest BCUT2D eigenvalue weighted by molar-refractivity contribution is 6.30. The Morgan fingerprint density at radius 2 is 1.41 bits per heavy atom. The van der Waals surface area contributed by atoms with Crippen LogP contribution in [0.4, 0.5) is 0 Å². The summed E-state index contributed by atoms with van der Waals surface area (Å²) >= 11 is 5.98. The van der Waals surface area contributed by atoms with Crippen molar-refractivity contribution in [2.24, 2.45) is 14.1 Å². The summed E-state index contributed by atoms with van der Waals surface area (Å²) in [7, 11) is 0.839. The zero-order valence-electron chi connectivity index (χ0n) is 14.9. The van der Waals surface area contributed by atoms with E-state index >= 15 is 0 Å². The summed E-state index contributed by atoms with van der Waals surface area (Å²) in [6.07, 6.45) is 0. The number of halogens is 2. The van der Waals surface area contributed by atoms with Gasteiger partial charge < -0.3 is 4.74 Å². The fourth-order valence-electron chi connectivity index (χ4n) is 2.56. The Labute approximate surface area is 164 Å². The number of benzene rings is 2. The first-order chi connectivity index (χ1) is 12.6. The van der Waals surface area contributed by atoms with Gasteiger partial charge in [0.1, 0.15) is 11.4 Å². The fourth-order valence-corrected chi connectivity index (χ4v) is 2.69. The van der Waals surface area contributed by atoms with Gasteiger partial charge in [-0.2, -0.15) is 4.68 Å².